The number of rotatable bonds is 3. The van der Waals surface area contributed by atoms with Gasteiger partial charge in [0.15, 0.2) is 5.54 Å². The molecule has 0 saturated carbocycles. The first-order chi connectivity index (χ1) is 10.2. The lowest BCUT2D eigenvalue weighted by atomic mass is 9.78. The quantitative estimate of drug-likeness (QED) is 0.831. The molecule has 1 amide bonds. The van der Waals surface area contributed by atoms with Gasteiger partial charge in [-0.25, -0.2) is 4.79 Å². The first-order valence-electron chi connectivity index (χ1n) is 7.19. The maximum Gasteiger partial charge on any atom is 0.330 e. The first kappa shape index (κ1) is 15.4. The van der Waals surface area contributed by atoms with E-state index in [0.717, 1.165) is 0 Å². The zero-order valence-corrected chi connectivity index (χ0v) is 13.5. The largest absolute Gasteiger partial charge is 0.479 e. The predicted octanol–water partition coefficient (Wildman–Crippen LogP) is 1.87. The van der Waals surface area contributed by atoms with E-state index in [1.54, 1.807) is 19.1 Å². The number of fused-ring (bicyclic) bond motifs is 1. The van der Waals surface area contributed by atoms with Crippen LogP contribution in [0.2, 0.25) is 0 Å². The summed E-state index contributed by atoms with van der Waals surface area (Å²) in [7, 11) is 0. The van der Waals surface area contributed by atoms with Crippen molar-refractivity contribution >= 4 is 23.6 Å². The summed E-state index contributed by atoms with van der Waals surface area (Å²) in [5.74, 6) is -1.88. The fraction of sp³-hybridized carbons (Fsp3) is 0.500. The highest BCUT2D eigenvalue weighted by molar-refractivity contribution is 8.01. The molecular weight excluding hydrogens is 302 g/mol. The van der Waals surface area contributed by atoms with Crippen LogP contribution in [0.3, 0.4) is 0 Å². The van der Waals surface area contributed by atoms with E-state index in [2.05, 4.69) is 0 Å². The summed E-state index contributed by atoms with van der Waals surface area (Å²) in [6.45, 7) is 5.26. The van der Waals surface area contributed by atoms with Gasteiger partial charge in [-0.2, -0.15) is 0 Å². The van der Waals surface area contributed by atoms with Gasteiger partial charge in [0.2, 0.25) is 5.91 Å². The van der Waals surface area contributed by atoms with Gasteiger partial charge >= 0.3 is 5.97 Å². The smallest absolute Gasteiger partial charge is 0.330 e. The van der Waals surface area contributed by atoms with Gasteiger partial charge in [0, 0.05) is 4.75 Å². The summed E-state index contributed by atoms with van der Waals surface area (Å²) in [6.07, 6.45) is -0.908. The molecule has 0 aromatic heterocycles. The molecule has 2 saturated heterocycles. The van der Waals surface area contributed by atoms with Crippen molar-refractivity contribution in [1.82, 2.24) is 4.90 Å². The standard InChI is InChI=1S/C16H19NO4S/c1-15(2)16(3,14(20)21)17-12(19)10(13(17)22-15)11(18)9-7-5-4-6-8-9/h4-8,10-11,13,18H,1-3H3,(H,20,21)/t10-,11?,13-,16+/m1/s1. The zero-order valence-electron chi connectivity index (χ0n) is 12.7. The number of hydrogen-bond acceptors (Lipinski definition) is 4. The Morgan fingerprint density at radius 1 is 1.27 bits per heavy atom. The van der Waals surface area contributed by atoms with Crippen LogP contribution in [0.1, 0.15) is 32.4 Å². The first-order valence-corrected chi connectivity index (χ1v) is 8.07. The SMILES string of the molecule is CC1(C)S[C@@H]2[C@H](C(O)c3ccccc3)C(=O)N2[C@@]1(C)C(=O)O. The molecule has 5 nitrogen and oxygen atoms in total. The highest BCUT2D eigenvalue weighted by Crippen LogP contribution is 2.60. The van der Waals surface area contributed by atoms with Gasteiger partial charge in [-0.05, 0) is 26.3 Å². The number of carbonyl (C=O) groups excluding carboxylic acids is 1. The molecule has 1 unspecified atom stereocenters. The number of benzene rings is 1. The normalized spacial score (nSPS) is 34.0. The number of hydrogen-bond donors (Lipinski definition) is 2. The minimum atomic E-state index is -1.26. The Labute approximate surface area is 133 Å². The summed E-state index contributed by atoms with van der Waals surface area (Å²) in [6, 6.07) is 9.03. The van der Waals surface area contributed by atoms with Crippen LogP contribution in [0, 0.1) is 5.92 Å². The molecule has 0 aliphatic carbocycles. The minimum Gasteiger partial charge on any atom is -0.479 e. The Hall–Kier alpha value is -1.53. The lowest BCUT2D eigenvalue weighted by Gasteiger charge is -2.49. The lowest BCUT2D eigenvalue weighted by Crippen LogP contribution is -2.69. The van der Waals surface area contributed by atoms with E-state index < -0.39 is 28.3 Å². The van der Waals surface area contributed by atoms with Crippen LogP contribution in [0.4, 0.5) is 0 Å². The maximum atomic E-state index is 12.6. The Morgan fingerprint density at radius 2 is 1.86 bits per heavy atom. The van der Waals surface area contributed by atoms with Gasteiger partial charge in [0.25, 0.3) is 0 Å². The van der Waals surface area contributed by atoms with Crippen LogP contribution < -0.4 is 0 Å². The van der Waals surface area contributed by atoms with E-state index >= 15 is 0 Å². The van der Waals surface area contributed by atoms with Crippen molar-refractivity contribution in [1.29, 1.82) is 0 Å². The topological polar surface area (TPSA) is 77.8 Å². The van der Waals surface area contributed by atoms with Crippen molar-refractivity contribution in [3.05, 3.63) is 35.9 Å². The molecule has 0 spiro atoms. The summed E-state index contributed by atoms with van der Waals surface area (Å²) in [5, 5.41) is 19.8. The number of carbonyl (C=O) groups is 2. The second kappa shape index (κ2) is 4.73. The average Bonchev–Trinajstić information content (AvgIpc) is 2.65. The van der Waals surface area contributed by atoms with Gasteiger partial charge in [0.05, 0.1) is 17.4 Å². The highest BCUT2D eigenvalue weighted by Gasteiger charge is 2.71. The number of aliphatic carboxylic acids is 1. The van der Waals surface area contributed by atoms with Gasteiger partial charge < -0.3 is 15.1 Å². The number of aliphatic hydroxyl groups excluding tert-OH is 1. The number of β-lactam (4-membered cyclic amide) rings is 1. The summed E-state index contributed by atoms with van der Waals surface area (Å²) >= 11 is 1.45. The van der Waals surface area contributed by atoms with E-state index in [9.17, 15) is 19.8 Å². The molecule has 4 atom stereocenters. The van der Waals surface area contributed by atoms with Crippen LogP contribution in [0.5, 0.6) is 0 Å². The molecule has 2 N–H and O–H groups in total. The molecule has 0 radical (unpaired) electrons. The average molecular weight is 321 g/mol. The molecule has 2 fully saturated rings. The van der Waals surface area contributed by atoms with Gasteiger partial charge in [-0.1, -0.05) is 30.3 Å². The fourth-order valence-electron chi connectivity index (χ4n) is 3.30. The van der Waals surface area contributed by atoms with Crippen LogP contribution in [0.15, 0.2) is 30.3 Å². The second-order valence-corrected chi connectivity index (χ2v) is 8.22. The Morgan fingerprint density at radius 3 is 2.41 bits per heavy atom. The van der Waals surface area contributed by atoms with E-state index in [1.807, 2.05) is 32.0 Å². The summed E-state index contributed by atoms with van der Waals surface area (Å²) in [4.78, 5) is 25.7. The van der Waals surface area contributed by atoms with Crippen molar-refractivity contribution in [3.63, 3.8) is 0 Å². The van der Waals surface area contributed by atoms with Gasteiger partial charge in [0.1, 0.15) is 0 Å². The number of amides is 1. The Kier molecular flexibility index (Phi) is 3.30. The van der Waals surface area contributed by atoms with E-state index in [4.69, 9.17) is 0 Å². The molecule has 1 aromatic carbocycles. The molecule has 2 aliphatic rings. The number of carboxylic acids is 1. The Balaban J connectivity index is 1.93. The van der Waals surface area contributed by atoms with Crippen molar-refractivity contribution < 1.29 is 19.8 Å². The van der Waals surface area contributed by atoms with Crippen LogP contribution >= 0.6 is 11.8 Å². The molecule has 2 aliphatic heterocycles. The van der Waals surface area contributed by atoms with Crippen molar-refractivity contribution in [2.75, 3.05) is 0 Å². The van der Waals surface area contributed by atoms with Crippen molar-refractivity contribution in [2.45, 2.75) is 42.5 Å². The second-order valence-electron chi connectivity index (χ2n) is 6.49. The number of carboxylic acid groups (broad SMARTS) is 1. The zero-order chi connectivity index (χ0) is 16.3. The van der Waals surface area contributed by atoms with E-state index in [0.29, 0.717) is 5.56 Å². The molecule has 0 bridgehead atoms. The van der Waals surface area contributed by atoms with Crippen LogP contribution in [-0.2, 0) is 9.59 Å². The molecule has 2 heterocycles. The van der Waals surface area contributed by atoms with Crippen molar-refractivity contribution in [3.8, 4) is 0 Å². The minimum absolute atomic E-state index is 0.288. The molecular formula is C16H19NO4S. The predicted molar refractivity (Wildman–Crippen MR) is 83.2 cm³/mol. The number of thioether (sulfide) groups is 1. The molecule has 22 heavy (non-hydrogen) atoms. The third kappa shape index (κ3) is 1.77. The highest BCUT2D eigenvalue weighted by atomic mass is 32.2. The summed E-state index contributed by atoms with van der Waals surface area (Å²) < 4.78 is -0.621. The Bertz CT molecular complexity index is 632. The van der Waals surface area contributed by atoms with Crippen LogP contribution in [-0.4, -0.2) is 42.6 Å². The third-order valence-corrected chi connectivity index (χ3v) is 6.78. The fourth-order valence-corrected chi connectivity index (χ4v) is 5.15. The van der Waals surface area contributed by atoms with Gasteiger partial charge in [-0.15, -0.1) is 11.8 Å². The molecule has 1 aromatic rings. The van der Waals surface area contributed by atoms with Crippen LogP contribution in [0.25, 0.3) is 0 Å². The maximum absolute atomic E-state index is 12.6. The third-order valence-electron chi connectivity index (χ3n) is 5.05. The van der Waals surface area contributed by atoms with E-state index in [-0.39, 0.29) is 11.3 Å². The number of aliphatic hydroxyl groups is 1. The lowest BCUT2D eigenvalue weighted by molar-refractivity contribution is -0.178. The summed E-state index contributed by atoms with van der Waals surface area (Å²) in [5.41, 5.74) is -0.574. The molecule has 3 rings (SSSR count). The van der Waals surface area contributed by atoms with E-state index in [1.165, 1.54) is 16.7 Å². The molecule has 6 heteroatoms. The van der Waals surface area contributed by atoms with Crippen molar-refractivity contribution in [2.24, 2.45) is 5.92 Å². The monoisotopic (exact) mass is 321 g/mol. The number of nitrogens with zero attached hydrogens (tertiary/aromatic N) is 1. The molecule has 118 valence electrons. The van der Waals surface area contributed by atoms with Gasteiger partial charge in [-0.3, -0.25) is 4.79 Å².